The van der Waals surface area contributed by atoms with Crippen LogP contribution >= 0.6 is 0 Å². The van der Waals surface area contributed by atoms with Crippen LogP contribution in [0.15, 0.2) is 10.6 Å². The molecule has 18 heavy (non-hydrogen) atoms. The van der Waals surface area contributed by atoms with Gasteiger partial charge in [0.15, 0.2) is 0 Å². The predicted octanol–water partition coefficient (Wildman–Crippen LogP) is 1.18. The Labute approximate surface area is 107 Å². The van der Waals surface area contributed by atoms with Gasteiger partial charge in [-0.3, -0.25) is 0 Å². The van der Waals surface area contributed by atoms with Crippen LogP contribution in [0.5, 0.6) is 0 Å². The molecule has 6 nitrogen and oxygen atoms in total. The summed E-state index contributed by atoms with van der Waals surface area (Å²) in [6.07, 6.45) is 2.20. The van der Waals surface area contributed by atoms with Gasteiger partial charge in [0.25, 0.3) is 0 Å². The number of nitrogens with two attached hydrogens (primary N) is 1. The minimum absolute atomic E-state index is 0.231. The van der Waals surface area contributed by atoms with Crippen LogP contribution in [0, 0.1) is 0 Å². The summed E-state index contributed by atoms with van der Waals surface area (Å²) in [7, 11) is -3.07. The predicted molar refractivity (Wildman–Crippen MR) is 68.5 cm³/mol. The Morgan fingerprint density at radius 3 is 2.67 bits per heavy atom. The summed E-state index contributed by atoms with van der Waals surface area (Å²) < 4.78 is 30.2. The van der Waals surface area contributed by atoms with Crippen molar-refractivity contribution >= 4 is 15.9 Å². The summed E-state index contributed by atoms with van der Waals surface area (Å²) in [5, 5.41) is 3.90. The van der Waals surface area contributed by atoms with E-state index in [1.54, 1.807) is 10.4 Å². The van der Waals surface area contributed by atoms with Gasteiger partial charge in [-0.25, -0.2) is 12.7 Å². The van der Waals surface area contributed by atoms with Gasteiger partial charge < -0.3 is 10.3 Å². The van der Waals surface area contributed by atoms with E-state index in [-0.39, 0.29) is 11.7 Å². The van der Waals surface area contributed by atoms with E-state index in [0.29, 0.717) is 25.4 Å². The van der Waals surface area contributed by atoms with Crippen LogP contribution in [-0.4, -0.2) is 36.7 Å². The van der Waals surface area contributed by atoms with Crippen molar-refractivity contribution in [3.05, 3.63) is 11.8 Å². The summed E-state index contributed by atoms with van der Waals surface area (Å²) in [4.78, 5) is 0. The van der Waals surface area contributed by atoms with Crippen molar-refractivity contribution in [2.45, 2.75) is 32.1 Å². The molecule has 0 radical (unpaired) electrons. The summed E-state index contributed by atoms with van der Waals surface area (Å²) in [6.45, 7) is 2.99. The highest BCUT2D eigenvalue weighted by atomic mass is 32.2. The van der Waals surface area contributed by atoms with Crippen LogP contribution in [0.1, 0.15) is 37.8 Å². The fraction of sp³-hybridized carbons (Fsp3) is 0.727. The lowest BCUT2D eigenvalue weighted by Gasteiger charge is -2.30. The standard InChI is InChI=1S/C11H19N3O3S/c1-2-7-18(15,16)14-5-3-9(4-6-14)10-8-11(12)17-13-10/h8-9H,2-7,12H2,1H3. The number of nitrogen functional groups attached to an aromatic ring is 1. The average molecular weight is 273 g/mol. The SMILES string of the molecule is CCCS(=O)(=O)N1CCC(c2cc(N)on2)CC1. The topological polar surface area (TPSA) is 89.4 Å². The second-order valence-electron chi connectivity index (χ2n) is 4.64. The van der Waals surface area contributed by atoms with E-state index < -0.39 is 10.0 Å². The number of hydrogen-bond donors (Lipinski definition) is 1. The number of aromatic nitrogens is 1. The summed E-state index contributed by atoms with van der Waals surface area (Å²) in [6, 6.07) is 1.72. The largest absolute Gasteiger partial charge is 0.368 e. The third-order valence-electron chi connectivity index (χ3n) is 3.27. The van der Waals surface area contributed by atoms with Crippen molar-refractivity contribution in [2.75, 3.05) is 24.6 Å². The maximum Gasteiger partial charge on any atom is 0.222 e. The van der Waals surface area contributed by atoms with Crippen LogP contribution < -0.4 is 5.73 Å². The molecule has 1 aliphatic rings. The normalized spacial score (nSPS) is 19.2. The monoisotopic (exact) mass is 273 g/mol. The van der Waals surface area contributed by atoms with E-state index in [4.69, 9.17) is 10.3 Å². The molecule has 0 spiro atoms. The van der Waals surface area contributed by atoms with E-state index in [1.165, 1.54) is 0 Å². The summed E-state index contributed by atoms with van der Waals surface area (Å²) in [5.41, 5.74) is 6.32. The lowest BCUT2D eigenvalue weighted by Crippen LogP contribution is -2.39. The van der Waals surface area contributed by atoms with Gasteiger partial charge in [-0.15, -0.1) is 0 Å². The molecular weight excluding hydrogens is 254 g/mol. The van der Waals surface area contributed by atoms with Crippen LogP contribution in [0.25, 0.3) is 0 Å². The lowest BCUT2D eigenvalue weighted by atomic mass is 9.95. The van der Waals surface area contributed by atoms with Crippen LogP contribution in [0.4, 0.5) is 5.88 Å². The summed E-state index contributed by atoms with van der Waals surface area (Å²) in [5.74, 6) is 0.791. The van der Waals surface area contributed by atoms with Crippen LogP contribution in [-0.2, 0) is 10.0 Å². The second-order valence-corrected chi connectivity index (χ2v) is 6.73. The van der Waals surface area contributed by atoms with Gasteiger partial charge in [0, 0.05) is 25.1 Å². The highest BCUT2D eigenvalue weighted by molar-refractivity contribution is 7.89. The van der Waals surface area contributed by atoms with Gasteiger partial charge >= 0.3 is 0 Å². The molecule has 2 heterocycles. The fourth-order valence-corrected chi connectivity index (χ4v) is 3.85. The van der Waals surface area contributed by atoms with Crippen molar-refractivity contribution in [1.29, 1.82) is 0 Å². The van der Waals surface area contributed by atoms with Crippen molar-refractivity contribution in [2.24, 2.45) is 0 Å². The quantitative estimate of drug-likeness (QED) is 0.889. The highest BCUT2D eigenvalue weighted by Gasteiger charge is 2.29. The van der Waals surface area contributed by atoms with Crippen molar-refractivity contribution in [3.8, 4) is 0 Å². The van der Waals surface area contributed by atoms with E-state index in [1.807, 2.05) is 6.92 Å². The molecule has 0 aliphatic carbocycles. The van der Waals surface area contributed by atoms with Gasteiger partial charge in [-0.1, -0.05) is 12.1 Å². The van der Waals surface area contributed by atoms with Crippen molar-refractivity contribution in [1.82, 2.24) is 9.46 Å². The zero-order valence-corrected chi connectivity index (χ0v) is 11.3. The molecule has 0 unspecified atom stereocenters. The zero-order valence-electron chi connectivity index (χ0n) is 10.5. The molecule has 2 N–H and O–H groups in total. The van der Waals surface area contributed by atoms with E-state index in [9.17, 15) is 8.42 Å². The Bertz CT molecular complexity index is 489. The minimum atomic E-state index is -3.07. The molecule has 7 heteroatoms. The van der Waals surface area contributed by atoms with Crippen molar-refractivity contribution in [3.63, 3.8) is 0 Å². The van der Waals surface area contributed by atoms with Gasteiger partial charge in [0.05, 0.1) is 11.4 Å². The van der Waals surface area contributed by atoms with Crippen molar-refractivity contribution < 1.29 is 12.9 Å². The molecule has 2 rings (SSSR count). The van der Waals surface area contributed by atoms with Gasteiger partial charge in [0.2, 0.25) is 15.9 Å². The fourth-order valence-electron chi connectivity index (χ4n) is 2.31. The number of anilines is 1. The van der Waals surface area contributed by atoms with E-state index in [0.717, 1.165) is 18.5 Å². The zero-order chi connectivity index (χ0) is 13.2. The van der Waals surface area contributed by atoms with E-state index in [2.05, 4.69) is 5.16 Å². The Morgan fingerprint density at radius 1 is 1.50 bits per heavy atom. The molecular formula is C11H19N3O3S. The molecule has 1 fully saturated rings. The molecule has 1 saturated heterocycles. The Balaban J connectivity index is 1.96. The first-order valence-electron chi connectivity index (χ1n) is 6.23. The maximum atomic E-state index is 11.9. The van der Waals surface area contributed by atoms with Gasteiger partial charge in [-0.05, 0) is 19.3 Å². The second kappa shape index (κ2) is 5.27. The first-order chi connectivity index (χ1) is 8.53. The first kappa shape index (κ1) is 13.4. The molecule has 1 aromatic rings. The number of hydrogen-bond acceptors (Lipinski definition) is 5. The molecule has 0 atom stereocenters. The first-order valence-corrected chi connectivity index (χ1v) is 7.83. The average Bonchev–Trinajstić information content (AvgIpc) is 2.76. The number of rotatable bonds is 4. The Morgan fingerprint density at radius 2 is 2.17 bits per heavy atom. The summed E-state index contributed by atoms with van der Waals surface area (Å²) >= 11 is 0. The van der Waals surface area contributed by atoms with Gasteiger partial charge in [-0.2, -0.15) is 0 Å². The maximum absolute atomic E-state index is 11.9. The molecule has 0 saturated carbocycles. The highest BCUT2D eigenvalue weighted by Crippen LogP contribution is 2.29. The van der Waals surface area contributed by atoms with Crippen LogP contribution in [0.3, 0.4) is 0 Å². The molecule has 0 aromatic carbocycles. The minimum Gasteiger partial charge on any atom is -0.368 e. The Kier molecular flexibility index (Phi) is 3.91. The third kappa shape index (κ3) is 2.84. The van der Waals surface area contributed by atoms with E-state index >= 15 is 0 Å². The third-order valence-corrected chi connectivity index (χ3v) is 5.35. The molecule has 1 aromatic heterocycles. The smallest absolute Gasteiger partial charge is 0.222 e. The lowest BCUT2D eigenvalue weighted by molar-refractivity contribution is 0.309. The molecule has 0 amide bonds. The molecule has 102 valence electrons. The molecule has 0 bridgehead atoms. The number of nitrogens with zero attached hydrogens (tertiary/aromatic N) is 2. The Hall–Kier alpha value is -1.08. The number of piperidine rings is 1. The van der Waals surface area contributed by atoms with Crippen LogP contribution in [0.2, 0.25) is 0 Å². The molecule has 1 aliphatic heterocycles. The van der Waals surface area contributed by atoms with Gasteiger partial charge in [0.1, 0.15) is 0 Å². The number of sulfonamides is 1.